The van der Waals surface area contributed by atoms with E-state index in [0.717, 1.165) is 0 Å². The number of aromatic nitrogens is 4. The van der Waals surface area contributed by atoms with Crippen LogP contribution < -0.4 is 5.73 Å². The van der Waals surface area contributed by atoms with Gasteiger partial charge in [-0.1, -0.05) is 0 Å². The lowest BCUT2D eigenvalue weighted by atomic mass is 10.6. The van der Waals surface area contributed by atoms with Gasteiger partial charge < -0.3 is 15.4 Å². The molecule has 15 heavy (non-hydrogen) atoms. The molecule has 2 aromatic heterocycles. The molecule has 2 heterocycles. The predicted octanol–water partition coefficient (Wildman–Crippen LogP) is -0.405. The molecule has 8 heteroatoms. The number of anilines is 1. The minimum absolute atomic E-state index is 0.163. The lowest BCUT2D eigenvalue weighted by molar-refractivity contribution is 0.0680. The molecule has 0 amide bonds. The Morgan fingerprint density at radius 1 is 1.67 bits per heavy atom. The summed E-state index contributed by atoms with van der Waals surface area (Å²) in [4.78, 5) is 14.1. The molecule has 0 saturated heterocycles. The van der Waals surface area contributed by atoms with E-state index in [9.17, 15) is 4.79 Å². The number of nitrogens with two attached hydrogens (primary N) is 1. The molecule has 0 fully saturated rings. The van der Waals surface area contributed by atoms with E-state index in [1.807, 2.05) is 0 Å². The molecule has 0 atom stereocenters. The summed E-state index contributed by atoms with van der Waals surface area (Å²) in [6.45, 7) is 0.192. The molecule has 0 aromatic carbocycles. The van der Waals surface area contributed by atoms with Crippen LogP contribution in [-0.4, -0.2) is 31.0 Å². The molecule has 3 N–H and O–H groups in total. The first-order valence-corrected chi connectivity index (χ1v) is 3.99. The van der Waals surface area contributed by atoms with Crippen LogP contribution in [0, 0.1) is 0 Å². The van der Waals surface area contributed by atoms with E-state index in [0.29, 0.717) is 5.69 Å². The molecule has 0 spiro atoms. The molecule has 0 unspecified atom stereocenters. The SMILES string of the molecule is Nc1cnn(Cc2nc(C(=O)O)no2)c1. The van der Waals surface area contributed by atoms with E-state index in [-0.39, 0.29) is 18.3 Å². The van der Waals surface area contributed by atoms with Crippen LogP contribution in [0.15, 0.2) is 16.9 Å². The Hall–Kier alpha value is -2.38. The number of carboxylic acids is 1. The van der Waals surface area contributed by atoms with Gasteiger partial charge in [0.25, 0.3) is 5.82 Å². The summed E-state index contributed by atoms with van der Waals surface area (Å²) in [7, 11) is 0. The Morgan fingerprint density at radius 2 is 2.47 bits per heavy atom. The van der Waals surface area contributed by atoms with Crippen molar-refractivity contribution in [2.75, 3.05) is 5.73 Å². The molecule has 0 radical (unpaired) electrons. The Kier molecular flexibility index (Phi) is 2.08. The van der Waals surface area contributed by atoms with Crippen molar-refractivity contribution in [1.82, 2.24) is 19.9 Å². The van der Waals surface area contributed by atoms with Crippen LogP contribution in [0.5, 0.6) is 0 Å². The average Bonchev–Trinajstić information content (AvgIpc) is 2.76. The number of nitrogen functional groups attached to an aromatic ring is 1. The van der Waals surface area contributed by atoms with Crippen LogP contribution in [0.4, 0.5) is 5.69 Å². The standard InChI is InChI=1S/C7H7N5O3/c8-4-1-9-12(2-4)3-5-10-6(7(13)14)11-15-5/h1-2H,3,8H2,(H,13,14). The zero-order chi connectivity index (χ0) is 10.8. The second-order valence-electron chi connectivity index (χ2n) is 2.79. The van der Waals surface area contributed by atoms with Gasteiger partial charge in [-0.25, -0.2) is 4.79 Å². The van der Waals surface area contributed by atoms with Crippen molar-refractivity contribution in [3.63, 3.8) is 0 Å². The summed E-state index contributed by atoms with van der Waals surface area (Å²) >= 11 is 0. The van der Waals surface area contributed by atoms with Gasteiger partial charge in [0.15, 0.2) is 0 Å². The summed E-state index contributed by atoms with van der Waals surface area (Å²) in [5.74, 6) is -1.44. The summed E-state index contributed by atoms with van der Waals surface area (Å²) in [5, 5.41) is 15.7. The highest BCUT2D eigenvalue weighted by Gasteiger charge is 2.13. The molecule has 2 aromatic rings. The lowest BCUT2D eigenvalue weighted by Crippen LogP contribution is -2.02. The highest BCUT2D eigenvalue weighted by Crippen LogP contribution is 2.03. The van der Waals surface area contributed by atoms with Crippen molar-refractivity contribution in [2.24, 2.45) is 0 Å². The Labute approximate surface area is 83.3 Å². The van der Waals surface area contributed by atoms with Crippen LogP contribution in [0.3, 0.4) is 0 Å². The van der Waals surface area contributed by atoms with Gasteiger partial charge >= 0.3 is 5.97 Å². The van der Waals surface area contributed by atoms with Gasteiger partial charge in [0.05, 0.1) is 11.9 Å². The second-order valence-corrected chi connectivity index (χ2v) is 2.79. The Balaban J connectivity index is 2.14. The number of aromatic carboxylic acids is 1. The highest BCUT2D eigenvalue weighted by atomic mass is 16.5. The van der Waals surface area contributed by atoms with Crippen molar-refractivity contribution in [1.29, 1.82) is 0 Å². The first-order valence-electron chi connectivity index (χ1n) is 3.99. The van der Waals surface area contributed by atoms with Gasteiger partial charge in [-0.05, 0) is 5.16 Å². The van der Waals surface area contributed by atoms with Crippen LogP contribution >= 0.6 is 0 Å². The topological polar surface area (TPSA) is 120 Å². The third kappa shape index (κ3) is 1.93. The van der Waals surface area contributed by atoms with Crippen molar-refractivity contribution in [2.45, 2.75) is 6.54 Å². The number of carboxylic acid groups (broad SMARTS) is 1. The van der Waals surface area contributed by atoms with Crippen LogP contribution in [0.2, 0.25) is 0 Å². The predicted molar refractivity (Wildman–Crippen MR) is 47.0 cm³/mol. The molecule has 0 aliphatic heterocycles. The number of rotatable bonds is 3. The number of hydrogen-bond donors (Lipinski definition) is 2. The van der Waals surface area contributed by atoms with Crippen LogP contribution in [-0.2, 0) is 6.54 Å². The first kappa shape index (κ1) is 9.19. The second kappa shape index (κ2) is 3.40. The number of nitrogens with zero attached hydrogens (tertiary/aromatic N) is 4. The summed E-state index contributed by atoms with van der Waals surface area (Å²) in [5.41, 5.74) is 5.95. The number of carbonyl (C=O) groups is 1. The van der Waals surface area contributed by atoms with E-state index in [1.54, 1.807) is 6.20 Å². The zero-order valence-electron chi connectivity index (χ0n) is 7.49. The van der Waals surface area contributed by atoms with Gasteiger partial charge in [-0.2, -0.15) is 10.1 Å². The van der Waals surface area contributed by atoms with Gasteiger partial charge in [-0.15, -0.1) is 0 Å². The third-order valence-corrected chi connectivity index (χ3v) is 1.61. The van der Waals surface area contributed by atoms with Gasteiger partial charge in [0.1, 0.15) is 6.54 Å². The van der Waals surface area contributed by atoms with Crippen molar-refractivity contribution in [3.05, 3.63) is 24.1 Å². The third-order valence-electron chi connectivity index (χ3n) is 1.61. The molecule has 78 valence electrons. The molecule has 0 aliphatic rings. The quantitative estimate of drug-likeness (QED) is 0.705. The fourth-order valence-corrected chi connectivity index (χ4v) is 1.01. The van der Waals surface area contributed by atoms with Gasteiger partial charge in [0, 0.05) is 6.20 Å². The fourth-order valence-electron chi connectivity index (χ4n) is 1.01. The lowest BCUT2D eigenvalue weighted by Gasteiger charge is -1.92. The van der Waals surface area contributed by atoms with Crippen molar-refractivity contribution >= 4 is 11.7 Å². The summed E-state index contributed by atoms with van der Waals surface area (Å²) in [6, 6.07) is 0. The van der Waals surface area contributed by atoms with Crippen molar-refractivity contribution in [3.8, 4) is 0 Å². The van der Waals surface area contributed by atoms with E-state index in [4.69, 9.17) is 15.4 Å². The molecule has 0 bridgehead atoms. The highest BCUT2D eigenvalue weighted by molar-refractivity contribution is 5.82. The maximum absolute atomic E-state index is 10.4. The monoisotopic (exact) mass is 209 g/mol. The van der Waals surface area contributed by atoms with E-state index < -0.39 is 5.97 Å². The molecule has 2 rings (SSSR count). The average molecular weight is 209 g/mol. The largest absolute Gasteiger partial charge is 0.475 e. The smallest absolute Gasteiger partial charge is 0.377 e. The number of hydrogen-bond acceptors (Lipinski definition) is 6. The van der Waals surface area contributed by atoms with Crippen LogP contribution in [0.1, 0.15) is 16.5 Å². The summed E-state index contributed by atoms with van der Waals surface area (Å²) in [6.07, 6.45) is 3.04. The fraction of sp³-hybridized carbons (Fsp3) is 0.143. The minimum Gasteiger partial charge on any atom is -0.475 e. The first-order chi connectivity index (χ1) is 7.15. The molecular formula is C7H7N5O3. The zero-order valence-corrected chi connectivity index (χ0v) is 7.49. The van der Waals surface area contributed by atoms with Crippen LogP contribution in [0.25, 0.3) is 0 Å². The molecular weight excluding hydrogens is 202 g/mol. The molecule has 0 aliphatic carbocycles. The van der Waals surface area contributed by atoms with E-state index in [2.05, 4.69) is 15.2 Å². The maximum atomic E-state index is 10.4. The molecule has 0 saturated carbocycles. The van der Waals surface area contributed by atoms with Crippen molar-refractivity contribution < 1.29 is 14.4 Å². The normalized spacial score (nSPS) is 10.4. The van der Waals surface area contributed by atoms with Gasteiger partial charge in [-0.3, -0.25) is 4.68 Å². The Bertz CT molecular complexity index is 488. The summed E-state index contributed by atoms with van der Waals surface area (Å²) < 4.78 is 6.16. The van der Waals surface area contributed by atoms with Gasteiger partial charge in [0.2, 0.25) is 5.89 Å². The van der Waals surface area contributed by atoms with E-state index >= 15 is 0 Å². The maximum Gasteiger partial charge on any atom is 0.377 e. The van der Waals surface area contributed by atoms with E-state index in [1.165, 1.54) is 10.9 Å². The Morgan fingerprint density at radius 3 is 3.00 bits per heavy atom. The minimum atomic E-state index is -1.23. The molecule has 8 nitrogen and oxygen atoms in total.